The zero-order valence-corrected chi connectivity index (χ0v) is 10.4. The Morgan fingerprint density at radius 1 is 1.06 bits per heavy atom. The van der Waals surface area contributed by atoms with E-state index in [0.29, 0.717) is 5.56 Å². The number of aliphatic hydroxyl groups excluding tert-OH is 1. The van der Waals surface area contributed by atoms with Crippen LogP contribution in [0.3, 0.4) is 0 Å². The summed E-state index contributed by atoms with van der Waals surface area (Å²) < 4.78 is 19.0. The molecule has 2 aromatic carbocycles. The molecule has 94 valence electrons. The van der Waals surface area contributed by atoms with Crippen LogP contribution in [0, 0.1) is 12.7 Å². The predicted molar refractivity (Wildman–Crippen MR) is 68.2 cm³/mol. The summed E-state index contributed by atoms with van der Waals surface area (Å²) in [7, 11) is 1.41. The van der Waals surface area contributed by atoms with Crippen LogP contribution >= 0.6 is 0 Å². The van der Waals surface area contributed by atoms with Crippen LogP contribution < -0.4 is 4.74 Å². The Labute approximate surface area is 106 Å². The molecule has 1 atom stereocenters. The predicted octanol–water partition coefficient (Wildman–Crippen LogP) is 3.22. The smallest absolute Gasteiger partial charge is 0.171 e. The number of aliphatic hydroxyl groups is 1. The van der Waals surface area contributed by atoms with Crippen LogP contribution in [0.1, 0.15) is 22.8 Å². The molecule has 0 aliphatic carbocycles. The highest BCUT2D eigenvalue weighted by Crippen LogP contribution is 2.30. The van der Waals surface area contributed by atoms with E-state index in [1.54, 1.807) is 18.2 Å². The fraction of sp³-hybridized carbons (Fsp3) is 0.200. The average molecular weight is 246 g/mol. The van der Waals surface area contributed by atoms with Crippen LogP contribution in [0.5, 0.6) is 5.75 Å². The second kappa shape index (κ2) is 5.19. The van der Waals surface area contributed by atoms with Gasteiger partial charge in [0.25, 0.3) is 0 Å². The topological polar surface area (TPSA) is 29.5 Å². The molecule has 0 fully saturated rings. The van der Waals surface area contributed by atoms with Gasteiger partial charge < -0.3 is 9.84 Å². The molecule has 0 saturated heterocycles. The third-order valence-electron chi connectivity index (χ3n) is 2.99. The average Bonchev–Trinajstić information content (AvgIpc) is 2.39. The van der Waals surface area contributed by atoms with Crippen LogP contribution in [0.4, 0.5) is 4.39 Å². The van der Waals surface area contributed by atoms with Crippen molar-refractivity contribution in [2.45, 2.75) is 13.0 Å². The van der Waals surface area contributed by atoms with E-state index in [1.807, 2.05) is 25.1 Å². The van der Waals surface area contributed by atoms with Gasteiger partial charge in [0.2, 0.25) is 0 Å². The first kappa shape index (κ1) is 12.6. The van der Waals surface area contributed by atoms with Crippen molar-refractivity contribution in [1.82, 2.24) is 0 Å². The van der Waals surface area contributed by atoms with Gasteiger partial charge in [-0.1, -0.05) is 36.4 Å². The van der Waals surface area contributed by atoms with Gasteiger partial charge in [0, 0.05) is 5.56 Å². The molecule has 1 unspecified atom stereocenters. The van der Waals surface area contributed by atoms with E-state index in [1.165, 1.54) is 13.2 Å². The van der Waals surface area contributed by atoms with Crippen molar-refractivity contribution >= 4 is 0 Å². The SMILES string of the molecule is COc1cccc(C(O)c2ccccc2C)c1F. The summed E-state index contributed by atoms with van der Waals surface area (Å²) >= 11 is 0. The molecule has 0 heterocycles. The molecule has 0 bridgehead atoms. The quantitative estimate of drug-likeness (QED) is 0.901. The Kier molecular flexibility index (Phi) is 3.63. The monoisotopic (exact) mass is 246 g/mol. The molecular formula is C15H15FO2. The highest BCUT2D eigenvalue weighted by atomic mass is 19.1. The van der Waals surface area contributed by atoms with Crippen molar-refractivity contribution in [1.29, 1.82) is 0 Å². The lowest BCUT2D eigenvalue weighted by Crippen LogP contribution is -2.05. The second-order valence-electron chi connectivity index (χ2n) is 4.12. The van der Waals surface area contributed by atoms with Gasteiger partial charge in [0.1, 0.15) is 6.10 Å². The van der Waals surface area contributed by atoms with Crippen molar-refractivity contribution in [2.24, 2.45) is 0 Å². The number of halogens is 1. The number of hydrogen-bond acceptors (Lipinski definition) is 2. The number of benzene rings is 2. The summed E-state index contributed by atoms with van der Waals surface area (Å²) in [5, 5.41) is 10.3. The van der Waals surface area contributed by atoms with Gasteiger partial charge in [0.05, 0.1) is 7.11 Å². The van der Waals surface area contributed by atoms with Crippen molar-refractivity contribution < 1.29 is 14.2 Å². The Bertz CT molecular complexity index is 552. The molecule has 0 aliphatic heterocycles. The maximum atomic E-state index is 14.1. The minimum atomic E-state index is -0.985. The summed E-state index contributed by atoms with van der Waals surface area (Å²) in [6.45, 7) is 1.89. The molecule has 3 heteroatoms. The lowest BCUT2D eigenvalue weighted by Gasteiger charge is -2.16. The molecule has 0 amide bonds. The fourth-order valence-corrected chi connectivity index (χ4v) is 1.96. The molecule has 0 aromatic heterocycles. The van der Waals surface area contributed by atoms with Gasteiger partial charge in [-0.05, 0) is 24.1 Å². The van der Waals surface area contributed by atoms with Crippen LogP contribution in [0.15, 0.2) is 42.5 Å². The van der Waals surface area contributed by atoms with E-state index in [9.17, 15) is 9.50 Å². The Balaban J connectivity index is 2.47. The van der Waals surface area contributed by atoms with Crippen molar-refractivity contribution in [3.8, 4) is 5.75 Å². The molecule has 2 aromatic rings. The third kappa shape index (κ3) is 2.22. The first-order chi connectivity index (χ1) is 8.65. The van der Waals surface area contributed by atoms with Crippen LogP contribution in [0.2, 0.25) is 0 Å². The van der Waals surface area contributed by atoms with E-state index in [-0.39, 0.29) is 11.3 Å². The van der Waals surface area contributed by atoms with Gasteiger partial charge in [-0.3, -0.25) is 0 Å². The number of rotatable bonds is 3. The summed E-state index contributed by atoms with van der Waals surface area (Å²) in [6.07, 6.45) is -0.985. The Morgan fingerprint density at radius 2 is 1.72 bits per heavy atom. The standard InChI is InChI=1S/C15H15FO2/c1-10-6-3-4-7-11(10)15(17)12-8-5-9-13(18-2)14(12)16/h3-9,15,17H,1-2H3. The lowest BCUT2D eigenvalue weighted by atomic mass is 9.97. The van der Waals surface area contributed by atoms with Crippen LogP contribution in [-0.2, 0) is 0 Å². The third-order valence-corrected chi connectivity index (χ3v) is 2.99. The van der Waals surface area contributed by atoms with E-state index in [2.05, 4.69) is 0 Å². The number of methoxy groups -OCH3 is 1. The largest absolute Gasteiger partial charge is 0.494 e. The van der Waals surface area contributed by atoms with E-state index >= 15 is 0 Å². The molecule has 18 heavy (non-hydrogen) atoms. The minimum Gasteiger partial charge on any atom is -0.494 e. The normalized spacial score (nSPS) is 12.2. The molecule has 0 radical (unpaired) electrons. The zero-order valence-electron chi connectivity index (χ0n) is 10.4. The zero-order chi connectivity index (χ0) is 13.1. The first-order valence-electron chi connectivity index (χ1n) is 5.71. The molecule has 1 N–H and O–H groups in total. The van der Waals surface area contributed by atoms with E-state index in [4.69, 9.17) is 4.74 Å². The maximum Gasteiger partial charge on any atom is 0.171 e. The minimum absolute atomic E-state index is 0.139. The van der Waals surface area contributed by atoms with Gasteiger partial charge in [-0.25, -0.2) is 4.39 Å². The van der Waals surface area contributed by atoms with Crippen molar-refractivity contribution in [3.05, 3.63) is 65.0 Å². The number of hydrogen-bond donors (Lipinski definition) is 1. The Hall–Kier alpha value is -1.87. The molecule has 0 aliphatic rings. The second-order valence-corrected chi connectivity index (χ2v) is 4.12. The molecule has 0 saturated carbocycles. The molecule has 2 rings (SSSR count). The molecule has 2 nitrogen and oxygen atoms in total. The first-order valence-corrected chi connectivity index (χ1v) is 5.71. The van der Waals surface area contributed by atoms with Gasteiger partial charge in [0.15, 0.2) is 11.6 Å². The van der Waals surface area contributed by atoms with Crippen molar-refractivity contribution in [3.63, 3.8) is 0 Å². The van der Waals surface area contributed by atoms with Gasteiger partial charge >= 0.3 is 0 Å². The van der Waals surface area contributed by atoms with Crippen LogP contribution in [0.25, 0.3) is 0 Å². The number of ether oxygens (including phenoxy) is 1. The van der Waals surface area contributed by atoms with E-state index < -0.39 is 11.9 Å². The summed E-state index contributed by atoms with van der Waals surface area (Å²) in [4.78, 5) is 0. The van der Waals surface area contributed by atoms with E-state index in [0.717, 1.165) is 5.56 Å². The fourth-order valence-electron chi connectivity index (χ4n) is 1.96. The number of aryl methyl sites for hydroxylation is 1. The summed E-state index contributed by atoms with van der Waals surface area (Å²) in [5.74, 6) is -0.379. The maximum absolute atomic E-state index is 14.1. The van der Waals surface area contributed by atoms with Gasteiger partial charge in [-0.2, -0.15) is 0 Å². The van der Waals surface area contributed by atoms with Crippen LogP contribution in [-0.4, -0.2) is 12.2 Å². The summed E-state index contributed by atoms with van der Waals surface area (Å²) in [5.41, 5.74) is 1.85. The van der Waals surface area contributed by atoms with Crippen molar-refractivity contribution in [2.75, 3.05) is 7.11 Å². The summed E-state index contributed by atoms with van der Waals surface area (Å²) in [6, 6.07) is 12.1. The Morgan fingerprint density at radius 3 is 2.39 bits per heavy atom. The molecule has 0 spiro atoms. The van der Waals surface area contributed by atoms with Gasteiger partial charge in [-0.15, -0.1) is 0 Å². The molecular weight excluding hydrogens is 231 g/mol. The highest BCUT2D eigenvalue weighted by Gasteiger charge is 2.18. The lowest BCUT2D eigenvalue weighted by molar-refractivity contribution is 0.212. The highest BCUT2D eigenvalue weighted by molar-refractivity contribution is 5.39.